The smallest absolute Gasteiger partial charge is 0.428 e. The van der Waals surface area contributed by atoms with Gasteiger partial charge in [-0.25, -0.2) is 19.0 Å². The van der Waals surface area contributed by atoms with Crippen LogP contribution in [0.1, 0.15) is 26.3 Å². The summed E-state index contributed by atoms with van der Waals surface area (Å²) in [5, 5.41) is 3.53. The summed E-state index contributed by atoms with van der Waals surface area (Å²) < 4.78 is 30.6. The van der Waals surface area contributed by atoms with Gasteiger partial charge in [-0.3, -0.25) is 0 Å². The van der Waals surface area contributed by atoms with Gasteiger partial charge in [-0.05, 0) is 32.9 Å². The number of nitrogens with one attached hydrogen (secondary N) is 1. The molecular weight excluding hydrogens is 242 g/mol. The lowest BCUT2D eigenvalue weighted by molar-refractivity contribution is 0.0529. The van der Waals surface area contributed by atoms with Crippen molar-refractivity contribution in [2.75, 3.05) is 0 Å². The molecule has 1 N–H and O–H groups in total. The molecule has 1 aromatic rings. The SMILES string of the molecule is CC(C)(C)OC(=O)N/N=C/c1cc(F)cc(F)c1. The van der Waals surface area contributed by atoms with Gasteiger partial charge in [0.15, 0.2) is 0 Å². The van der Waals surface area contributed by atoms with E-state index in [1.165, 1.54) is 0 Å². The van der Waals surface area contributed by atoms with Gasteiger partial charge in [0.25, 0.3) is 0 Å². The molecule has 0 aliphatic carbocycles. The highest BCUT2D eigenvalue weighted by Crippen LogP contribution is 2.07. The van der Waals surface area contributed by atoms with Crippen molar-refractivity contribution in [2.24, 2.45) is 5.10 Å². The number of hydrogen-bond donors (Lipinski definition) is 1. The third kappa shape index (κ3) is 5.38. The lowest BCUT2D eigenvalue weighted by Crippen LogP contribution is -2.29. The molecule has 0 atom stereocenters. The molecule has 1 aromatic carbocycles. The first-order valence-electron chi connectivity index (χ1n) is 5.24. The molecule has 1 amide bonds. The molecule has 6 heteroatoms. The fourth-order valence-electron chi connectivity index (χ4n) is 1.11. The minimum atomic E-state index is -0.740. The van der Waals surface area contributed by atoms with Crippen LogP contribution in [0.5, 0.6) is 0 Å². The van der Waals surface area contributed by atoms with Crippen LogP contribution in [0.3, 0.4) is 0 Å². The number of benzene rings is 1. The highest BCUT2D eigenvalue weighted by atomic mass is 19.1. The van der Waals surface area contributed by atoms with Gasteiger partial charge in [-0.15, -0.1) is 0 Å². The van der Waals surface area contributed by atoms with Crippen LogP contribution in [-0.4, -0.2) is 17.9 Å². The summed E-state index contributed by atoms with van der Waals surface area (Å²) in [6.07, 6.45) is 0.381. The summed E-state index contributed by atoms with van der Waals surface area (Å²) in [7, 11) is 0. The molecule has 0 saturated carbocycles. The van der Waals surface area contributed by atoms with Gasteiger partial charge >= 0.3 is 6.09 Å². The Kier molecular flexibility index (Phi) is 4.36. The van der Waals surface area contributed by atoms with Crippen molar-refractivity contribution in [3.63, 3.8) is 0 Å². The summed E-state index contributed by atoms with van der Waals surface area (Å²) in [5.41, 5.74) is 1.65. The maximum atomic E-state index is 12.8. The molecule has 0 spiro atoms. The molecule has 1 rings (SSSR count). The summed E-state index contributed by atoms with van der Waals surface area (Å²) in [4.78, 5) is 11.2. The standard InChI is InChI=1S/C12H14F2N2O2/c1-12(2,3)18-11(17)16-15-7-8-4-9(13)6-10(14)5-8/h4-7H,1-3H3,(H,16,17)/b15-7+. The van der Waals surface area contributed by atoms with Crippen LogP contribution in [0.25, 0.3) is 0 Å². The second kappa shape index (κ2) is 5.57. The number of rotatable bonds is 2. The van der Waals surface area contributed by atoms with Crippen molar-refractivity contribution in [3.05, 3.63) is 35.4 Å². The quantitative estimate of drug-likeness (QED) is 0.653. The second-order valence-corrected chi connectivity index (χ2v) is 4.57. The maximum Gasteiger partial charge on any atom is 0.428 e. The van der Waals surface area contributed by atoms with Gasteiger partial charge < -0.3 is 4.74 Å². The van der Waals surface area contributed by atoms with Crippen molar-refractivity contribution in [2.45, 2.75) is 26.4 Å². The van der Waals surface area contributed by atoms with Gasteiger partial charge in [-0.1, -0.05) is 0 Å². The van der Waals surface area contributed by atoms with E-state index in [0.717, 1.165) is 24.4 Å². The minimum Gasteiger partial charge on any atom is -0.443 e. The lowest BCUT2D eigenvalue weighted by atomic mass is 10.2. The van der Waals surface area contributed by atoms with Crippen LogP contribution in [0.4, 0.5) is 13.6 Å². The van der Waals surface area contributed by atoms with Crippen molar-refractivity contribution < 1.29 is 18.3 Å². The Morgan fingerprint density at radius 3 is 2.33 bits per heavy atom. The van der Waals surface area contributed by atoms with Crippen molar-refractivity contribution in [1.29, 1.82) is 0 Å². The van der Waals surface area contributed by atoms with Crippen LogP contribution < -0.4 is 5.43 Å². The van der Waals surface area contributed by atoms with E-state index >= 15 is 0 Å². The van der Waals surface area contributed by atoms with Crippen LogP contribution in [0.2, 0.25) is 0 Å². The number of hydrogen-bond acceptors (Lipinski definition) is 3. The van der Waals surface area contributed by atoms with E-state index in [-0.39, 0.29) is 5.56 Å². The average molecular weight is 256 g/mol. The van der Waals surface area contributed by atoms with Crippen molar-refractivity contribution >= 4 is 12.3 Å². The second-order valence-electron chi connectivity index (χ2n) is 4.57. The topological polar surface area (TPSA) is 50.7 Å². The number of nitrogens with zero attached hydrogens (tertiary/aromatic N) is 1. The zero-order valence-electron chi connectivity index (χ0n) is 10.3. The van der Waals surface area contributed by atoms with Crippen LogP contribution in [-0.2, 0) is 4.74 Å². The monoisotopic (exact) mass is 256 g/mol. The van der Waals surface area contributed by atoms with E-state index in [4.69, 9.17) is 4.74 Å². The molecule has 0 heterocycles. The van der Waals surface area contributed by atoms with Gasteiger partial charge in [-0.2, -0.15) is 5.10 Å². The van der Waals surface area contributed by atoms with Crippen LogP contribution >= 0.6 is 0 Å². The molecule has 0 aromatic heterocycles. The van der Waals surface area contributed by atoms with Gasteiger partial charge in [0, 0.05) is 11.6 Å². The van der Waals surface area contributed by atoms with E-state index in [0.29, 0.717) is 0 Å². The molecule has 0 aliphatic rings. The predicted octanol–water partition coefficient (Wildman–Crippen LogP) is 2.82. The first-order chi connectivity index (χ1) is 8.26. The van der Waals surface area contributed by atoms with E-state index in [1.807, 2.05) is 0 Å². The minimum absolute atomic E-state index is 0.198. The summed E-state index contributed by atoms with van der Waals surface area (Å²) in [5.74, 6) is -1.43. The highest BCUT2D eigenvalue weighted by molar-refractivity contribution is 5.80. The average Bonchev–Trinajstić information content (AvgIpc) is 2.12. The zero-order valence-corrected chi connectivity index (χ0v) is 10.3. The highest BCUT2D eigenvalue weighted by Gasteiger charge is 2.15. The molecule has 98 valence electrons. The maximum absolute atomic E-state index is 12.8. The molecule has 0 saturated heterocycles. The lowest BCUT2D eigenvalue weighted by Gasteiger charge is -2.18. The third-order valence-electron chi connectivity index (χ3n) is 1.65. The van der Waals surface area contributed by atoms with Gasteiger partial charge in [0.05, 0.1) is 6.21 Å². The van der Waals surface area contributed by atoms with E-state index < -0.39 is 23.3 Å². The van der Waals surface area contributed by atoms with Crippen LogP contribution in [0, 0.1) is 11.6 Å². The number of hydrazone groups is 1. The molecular formula is C12H14F2N2O2. The summed E-state index contributed by atoms with van der Waals surface area (Å²) >= 11 is 0. The summed E-state index contributed by atoms with van der Waals surface area (Å²) in [6, 6.07) is 2.92. The fourth-order valence-corrected chi connectivity index (χ4v) is 1.11. The normalized spacial score (nSPS) is 11.6. The Morgan fingerprint density at radius 2 is 1.83 bits per heavy atom. The Balaban J connectivity index is 2.57. The Hall–Kier alpha value is -1.98. The predicted molar refractivity (Wildman–Crippen MR) is 63.3 cm³/mol. The molecule has 18 heavy (non-hydrogen) atoms. The number of amides is 1. The van der Waals surface area contributed by atoms with E-state index in [2.05, 4.69) is 10.5 Å². The van der Waals surface area contributed by atoms with E-state index in [9.17, 15) is 13.6 Å². The number of halogens is 2. The molecule has 0 fully saturated rings. The third-order valence-corrected chi connectivity index (χ3v) is 1.65. The van der Waals surface area contributed by atoms with Crippen molar-refractivity contribution in [3.8, 4) is 0 Å². The number of carbonyl (C=O) groups excluding carboxylic acids is 1. The molecule has 0 aliphatic heterocycles. The number of carbonyl (C=O) groups is 1. The zero-order chi connectivity index (χ0) is 13.8. The van der Waals surface area contributed by atoms with Crippen molar-refractivity contribution in [1.82, 2.24) is 5.43 Å². The largest absolute Gasteiger partial charge is 0.443 e. The van der Waals surface area contributed by atoms with Gasteiger partial charge in [0.2, 0.25) is 0 Å². The summed E-state index contributed by atoms with van der Waals surface area (Å²) in [6.45, 7) is 5.12. The Bertz CT molecular complexity index is 447. The molecule has 0 bridgehead atoms. The van der Waals surface area contributed by atoms with Gasteiger partial charge in [0.1, 0.15) is 17.2 Å². The van der Waals surface area contributed by atoms with E-state index in [1.54, 1.807) is 20.8 Å². The molecule has 4 nitrogen and oxygen atoms in total. The first kappa shape index (κ1) is 14.1. The Morgan fingerprint density at radius 1 is 1.28 bits per heavy atom. The molecule has 0 radical (unpaired) electrons. The fraction of sp³-hybridized carbons (Fsp3) is 0.333. The first-order valence-corrected chi connectivity index (χ1v) is 5.24. The Labute approximate surface area is 104 Å². The number of ether oxygens (including phenoxy) is 1. The molecule has 0 unspecified atom stereocenters. The van der Waals surface area contributed by atoms with Crippen LogP contribution in [0.15, 0.2) is 23.3 Å².